The Kier molecular flexibility index (Phi) is 4.38. The first kappa shape index (κ1) is 18.9. The number of thiazole rings is 1. The van der Waals surface area contributed by atoms with Gasteiger partial charge in [-0.2, -0.15) is 13.2 Å². The number of anilines is 1. The number of nitrogens with zero attached hydrogens (tertiary/aromatic N) is 2. The van der Waals surface area contributed by atoms with Crippen LogP contribution in [0.4, 0.5) is 18.3 Å². The monoisotopic (exact) mass is 421 g/mol. The van der Waals surface area contributed by atoms with E-state index in [4.69, 9.17) is 0 Å². The highest BCUT2D eigenvalue weighted by Crippen LogP contribution is 2.54. The molecular weight excluding hydrogens is 399 g/mol. The quantitative estimate of drug-likeness (QED) is 0.780. The second-order valence-corrected chi connectivity index (χ2v) is 9.41. The van der Waals surface area contributed by atoms with Crippen LogP contribution in [0, 0.1) is 5.41 Å². The average molecular weight is 421 g/mol. The molecule has 1 aliphatic heterocycles. The molecule has 2 heterocycles. The van der Waals surface area contributed by atoms with Crippen LogP contribution in [0.25, 0.3) is 0 Å². The summed E-state index contributed by atoms with van der Waals surface area (Å²) in [7, 11) is 0. The van der Waals surface area contributed by atoms with Gasteiger partial charge < -0.3 is 10.2 Å². The summed E-state index contributed by atoms with van der Waals surface area (Å²) in [5.41, 5.74) is 1.47. The average Bonchev–Trinajstić information content (AvgIpc) is 3.56. The number of aromatic nitrogens is 1. The van der Waals surface area contributed by atoms with Crippen molar-refractivity contribution < 1.29 is 18.0 Å². The molecule has 1 unspecified atom stereocenters. The fourth-order valence-electron chi connectivity index (χ4n) is 4.28. The van der Waals surface area contributed by atoms with Crippen LogP contribution in [0.2, 0.25) is 0 Å². The number of rotatable bonds is 5. The molecule has 3 fully saturated rings. The van der Waals surface area contributed by atoms with Gasteiger partial charge in [0, 0.05) is 23.9 Å². The summed E-state index contributed by atoms with van der Waals surface area (Å²) in [5, 5.41) is 4.59. The van der Waals surface area contributed by atoms with E-state index in [2.05, 4.69) is 22.4 Å². The highest BCUT2D eigenvalue weighted by atomic mass is 32.1. The molecule has 0 bridgehead atoms. The lowest BCUT2D eigenvalue weighted by Gasteiger charge is -2.18. The van der Waals surface area contributed by atoms with E-state index in [0.29, 0.717) is 30.6 Å². The number of carbonyl (C=O) groups is 1. The molecule has 1 aromatic heterocycles. The number of alkyl halides is 3. The van der Waals surface area contributed by atoms with Gasteiger partial charge in [0.05, 0.1) is 12.5 Å². The first-order chi connectivity index (χ1) is 13.8. The van der Waals surface area contributed by atoms with Crippen molar-refractivity contribution in [2.75, 3.05) is 18.0 Å². The number of carbonyl (C=O) groups excluding carboxylic acids is 1. The van der Waals surface area contributed by atoms with Crippen LogP contribution in [-0.4, -0.2) is 30.0 Å². The van der Waals surface area contributed by atoms with Gasteiger partial charge in [0.1, 0.15) is 0 Å². The van der Waals surface area contributed by atoms with Crippen LogP contribution < -0.4 is 10.2 Å². The standard InChI is InChI=1S/C21H22F3N3OS/c22-21(23,24)17-11-29-19(26-17)27-10-16(20(12-27)7-8-20)25-18(28)9-13-1-3-14(4-2-13)15-5-6-15/h1-4,11,15-16H,5-10,12H2,(H,25,28). The Morgan fingerprint density at radius 3 is 2.55 bits per heavy atom. The molecule has 2 aliphatic carbocycles. The third-order valence-electron chi connectivity index (χ3n) is 6.32. The lowest BCUT2D eigenvalue weighted by molar-refractivity contribution is -0.140. The SMILES string of the molecule is O=C(Cc1ccc(C2CC2)cc1)NC1CN(c2nc(C(F)(F)F)cs2)CC12CC2. The predicted molar refractivity (Wildman–Crippen MR) is 105 cm³/mol. The number of hydrogen-bond acceptors (Lipinski definition) is 4. The molecule has 1 spiro atoms. The van der Waals surface area contributed by atoms with Crippen molar-refractivity contribution in [3.05, 3.63) is 46.5 Å². The maximum Gasteiger partial charge on any atom is 0.434 e. The van der Waals surface area contributed by atoms with Gasteiger partial charge in [0.2, 0.25) is 5.91 Å². The molecule has 1 atom stereocenters. The lowest BCUT2D eigenvalue weighted by Crippen LogP contribution is -2.42. The molecule has 2 saturated carbocycles. The van der Waals surface area contributed by atoms with E-state index in [1.165, 1.54) is 18.4 Å². The third-order valence-corrected chi connectivity index (χ3v) is 7.22. The molecule has 5 rings (SSSR count). The Hall–Kier alpha value is -2.09. The van der Waals surface area contributed by atoms with Crippen molar-refractivity contribution in [1.29, 1.82) is 0 Å². The van der Waals surface area contributed by atoms with E-state index in [-0.39, 0.29) is 17.4 Å². The van der Waals surface area contributed by atoms with Gasteiger partial charge in [-0.1, -0.05) is 24.3 Å². The zero-order valence-corrected chi connectivity index (χ0v) is 16.7. The summed E-state index contributed by atoms with van der Waals surface area (Å²) in [6, 6.07) is 8.23. The normalized spacial score (nSPS) is 22.9. The van der Waals surface area contributed by atoms with Crippen LogP contribution in [0.15, 0.2) is 29.6 Å². The van der Waals surface area contributed by atoms with E-state index in [9.17, 15) is 18.0 Å². The third kappa shape index (κ3) is 3.86. The minimum Gasteiger partial charge on any atom is -0.351 e. The van der Waals surface area contributed by atoms with E-state index in [1.54, 1.807) is 0 Å². The van der Waals surface area contributed by atoms with Crippen molar-refractivity contribution in [2.45, 2.75) is 50.2 Å². The molecule has 154 valence electrons. The first-order valence-electron chi connectivity index (χ1n) is 9.98. The van der Waals surface area contributed by atoms with E-state index in [0.717, 1.165) is 35.1 Å². The number of hydrogen-bond donors (Lipinski definition) is 1. The Bertz CT molecular complexity index is 916. The molecule has 1 aromatic carbocycles. The predicted octanol–water partition coefficient (Wildman–Crippen LogP) is 4.37. The number of amides is 1. The number of benzene rings is 1. The van der Waals surface area contributed by atoms with Gasteiger partial charge >= 0.3 is 6.18 Å². The molecule has 1 N–H and O–H groups in total. The summed E-state index contributed by atoms with van der Waals surface area (Å²) in [4.78, 5) is 18.3. The minimum absolute atomic E-state index is 0.0183. The summed E-state index contributed by atoms with van der Waals surface area (Å²) in [6.07, 6.45) is 0.388. The van der Waals surface area contributed by atoms with Crippen LogP contribution in [0.3, 0.4) is 0 Å². The second kappa shape index (κ2) is 6.72. The smallest absolute Gasteiger partial charge is 0.351 e. The minimum atomic E-state index is -4.42. The zero-order chi connectivity index (χ0) is 20.2. The van der Waals surface area contributed by atoms with Gasteiger partial charge in [0.15, 0.2) is 10.8 Å². The van der Waals surface area contributed by atoms with E-state index < -0.39 is 11.9 Å². The molecule has 1 amide bonds. The van der Waals surface area contributed by atoms with Gasteiger partial charge in [-0.15, -0.1) is 11.3 Å². The molecule has 0 radical (unpaired) electrons. The number of nitrogens with one attached hydrogen (secondary N) is 1. The van der Waals surface area contributed by atoms with Gasteiger partial charge in [0.25, 0.3) is 0 Å². The maximum atomic E-state index is 12.8. The first-order valence-corrected chi connectivity index (χ1v) is 10.9. The van der Waals surface area contributed by atoms with Crippen LogP contribution >= 0.6 is 11.3 Å². The Morgan fingerprint density at radius 1 is 1.24 bits per heavy atom. The van der Waals surface area contributed by atoms with Crippen molar-refractivity contribution in [1.82, 2.24) is 10.3 Å². The Morgan fingerprint density at radius 2 is 1.97 bits per heavy atom. The lowest BCUT2D eigenvalue weighted by atomic mass is 10.00. The molecule has 29 heavy (non-hydrogen) atoms. The van der Waals surface area contributed by atoms with Crippen LogP contribution in [0.5, 0.6) is 0 Å². The molecule has 8 heteroatoms. The molecule has 1 saturated heterocycles. The van der Waals surface area contributed by atoms with Crippen molar-refractivity contribution >= 4 is 22.4 Å². The van der Waals surface area contributed by atoms with E-state index >= 15 is 0 Å². The zero-order valence-electron chi connectivity index (χ0n) is 15.8. The highest BCUT2D eigenvalue weighted by molar-refractivity contribution is 7.13. The van der Waals surface area contributed by atoms with E-state index in [1.807, 2.05) is 17.0 Å². The maximum absolute atomic E-state index is 12.8. The molecular formula is C21H22F3N3OS. The molecule has 2 aromatic rings. The highest BCUT2D eigenvalue weighted by Gasteiger charge is 2.56. The fraction of sp³-hybridized carbons (Fsp3) is 0.524. The van der Waals surface area contributed by atoms with Crippen LogP contribution in [-0.2, 0) is 17.4 Å². The summed E-state index contributed by atoms with van der Waals surface area (Å²) >= 11 is 1.02. The summed E-state index contributed by atoms with van der Waals surface area (Å²) < 4.78 is 38.5. The summed E-state index contributed by atoms with van der Waals surface area (Å²) in [5.74, 6) is 0.665. The van der Waals surface area contributed by atoms with Gasteiger partial charge in [-0.25, -0.2) is 4.98 Å². The Labute approximate surface area is 171 Å². The second-order valence-electron chi connectivity index (χ2n) is 8.57. The van der Waals surface area contributed by atoms with Crippen molar-refractivity contribution in [2.24, 2.45) is 5.41 Å². The van der Waals surface area contributed by atoms with Crippen molar-refractivity contribution in [3.8, 4) is 0 Å². The molecule has 3 aliphatic rings. The molecule has 4 nitrogen and oxygen atoms in total. The van der Waals surface area contributed by atoms with Crippen molar-refractivity contribution in [3.63, 3.8) is 0 Å². The van der Waals surface area contributed by atoms with Gasteiger partial charge in [-0.05, 0) is 42.7 Å². The topological polar surface area (TPSA) is 45.2 Å². The largest absolute Gasteiger partial charge is 0.434 e. The van der Waals surface area contributed by atoms with Gasteiger partial charge in [-0.3, -0.25) is 4.79 Å². The Balaban J connectivity index is 1.22. The summed E-state index contributed by atoms with van der Waals surface area (Å²) in [6.45, 7) is 1.16. The number of halogens is 3. The van der Waals surface area contributed by atoms with Crippen LogP contribution in [0.1, 0.15) is 48.4 Å². The fourth-order valence-corrected chi connectivity index (χ4v) is 5.12.